The summed E-state index contributed by atoms with van der Waals surface area (Å²) in [4.78, 5) is 14.7. The highest BCUT2D eigenvalue weighted by molar-refractivity contribution is 7.83. The standard InChI is InChI=1S/C20H22ClN5OS2/c1-12(2)29(27)26-8-7-17-16(10-26)19(23-11-22-17)25-20-24-18(13(3)28-20)14-5-4-6-15(21)9-14/h4-6,9,11-12H,7-8,10H2,1-3H3,(H,22,23,24,25). The second kappa shape index (κ2) is 8.47. The topological polar surface area (TPSA) is 71.0 Å². The van der Waals surface area contributed by atoms with Crippen LogP contribution in [0.4, 0.5) is 10.9 Å². The molecule has 0 fully saturated rings. The van der Waals surface area contributed by atoms with Crippen LogP contribution >= 0.6 is 22.9 Å². The van der Waals surface area contributed by atoms with E-state index in [1.54, 1.807) is 17.7 Å². The van der Waals surface area contributed by atoms with Gasteiger partial charge in [0.1, 0.15) is 12.1 Å². The molecule has 4 rings (SSSR count). The highest BCUT2D eigenvalue weighted by Gasteiger charge is 2.26. The van der Waals surface area contributed by atoms with Crippen LogP contribution < -0.4 is 5.32 Å². The van der Waals surface area contributed by atoms with Gasteiger partial charge < -0.3 is 5.32 Å². The van der Waals surface area contributed by atoms with Gasteiger partial charge in [-0.2, -0.15) is 0 Å². The summed E-state index contributed by atoms with van der Waals surface area (Å²) in [5.74, 6) is 0.729. The Bertz CT molecular complexity index is 1070. The first-order chi connectivity index (χ1) is 13.9. The minimum atomic E-state index is -1.02. The normalized spacial score (nSPS) is 15.3. The number of aryl methyl sites for hydroxylation is 1. The zero-order valence-electron chi connectivity index (χ0n) is 16.5. The molecule has 1 aliphatic rings. The largest absolute Gasteiger partial charge is 0.316 e. The molecule has 6 nitrogen and oxygen atoms in total. The van der Waals surface area contributed by atoms with Crippen molar-refractivity contribution < 1.29 is 4.21 Å². The van der Waals surface area contributed by atoms with Gasteiger partial charge in [0.05, 0.1) is 22.4 Å². The Kier molecular flexibility index (Phi) is 5.96. The van der Waals surface area contributed by atoms with Gasteiger partial charge in [-0.05, 0) is 32.9 Å². The van der Waals surface area contributed by atoms with Crippen LogP contribution in [0.25, 0.3) is 11.3 Å². The lowest BCUT2D eigenvalue weighted by molar-refractivity contribution is 0.413. The van der Waals surface area contributed by atoms with Crippen molar-refractivity contribution in [3.05, 3.63) is 51.7 Å². The number of hydrogen-bond acceptors (Lipinski definition) is 6. The Balaban J connectivity index is 1.62. The van der Waals surface area contributed by atoms with E-state index in [0.717, 1.165) is 51.3 Å². The van der Waals surface area contributed by atoms with Gasteiger partial charge in [0.2, 0.25) is 0 Å². The molecule has 1 unspecified atom stereocenters. The number of aromatic nitrogens is 3. The molecule has 0 spiro atoms. The van der Waals surface area contributed by atoms with Crippen LogP contribution in [0.1, 0.15) is 30.0 Å². The van der Waals surface area contributed by atoms with Gasteiger partial charge in [0.25, 0.3) is 0 Å². The van der Waals surface area contributed by atoms with Crippen molar-refractivity contribution in [1.29, 1.82) is 0 Å². The number of fused-ring (bicyclic) bond motifs is 1. The first kappa shape index (κ1) is 20.4. The molecule has 0 saturated carbocycles. The van der Waals surface area contributed by atoms with Crippen molar-refractivity contribution in [3.8, 4) is 11.3 Å². The monoisotopic (exact) mass is 447 g/mol. The summed E-state index contributed by atoms with van der Waals surface area (Å²) < 4.78 is 14.6. The molecule has 1 aromatic carbocycles. The maximum absolute atomic E-state index is 12.6. The Labute approximate surface area is 182 Å². The van der Waals surface area contributed by atoms with E-state index in [1.807, 2.05) is 49.3 Å². The fourth-order valence-corrected chi connectivity index (χ4v) is 5.48. The van der Waals surface area contributed by atoms with E-state index in [-0.39, 0.29) is 5.25 Å². The Morgan fingerprint density at radius 3 is 2.90 bits per heavy atom. The summed E-state index contributed by atoms with van der Waals surface area (Å²) in [7, 11) is -1.02. The molecule has 0 radical (unpaired) electrons. The summed E-state index contributed by atoms with van der Waals surface area (Å²) in [6.07, 6.45) is 2.34. The van der Waals surface area contributed by atoms with E-state index < -0.39 is 11.0 Å². The Morgan fingerprint density at radius 2 is 2.14 bits per heavy atom. The van der Waals surface area contributed by atoms with Gasteiger partial charge in [-0.25, -0.2) is 23.5 Å². The molecule has 3 heterocycles. The quantitative estimate of drug-likeness (QED) is 0.611. The van der Waals surface area contributed by atoms with E-state index in [0.29, 0.717) is 11.6 Å². The number of hydrogen-bond donors (Lipinski definition) is 1. The van der Waals surface area contributed by atoms with Crippen LogP contribution in [0.3, 0.4) is 0 Å². The molecular weight excluding hydrogens is 426 g/mol. The third kappa shape index (κ3) is 4.35. The van der Waals surface area contributed by atoms with Gasteiger partial charge in [0, 0.05) is 45.8 Å². The van der Waals surface area contributed by atoms with Crippen molar-refractivity contribution in [2.45, 2.75) is 39.0 Å². The summed E-state index contributed by atoms with van der Waals surface area (Å²) in [6.45, 7) is 7.30. The first-order valence-corrected chi connectivity index (χ1v) is 11.8. The van der Waals surface area contributed by atoms with Gasteiger partial charge >= 0.3 is 0 Å². The lowest BCUT2D eigenvalue weighted by atomic mass is 10.1. The van der Waals surface area contributed by atoms with E-state index in [2.05, 4.69) is 15.3 Å². The van der Waals surface area contributed by atoms with E-state index in [1.165, 1.54) is 0 Å². The minimum absolute atomic E-state index is 0.0828. The van der Waals surface area contributed by atoms with Crippen LogP contribution in [-0.2, 0) is 24.0 Å². The summed E-state index contributed by atoms with van der Waals surface area (Å²) in [6, 6.07) is 7.70. The predicted octanol–water partition coefficient (Wildman–Crippen LogP) is 4.74. The van der Waals surface area contributed by atoms with Crippen molar-refractivity contribution in [1.82, 2.24) is 19.3 Å². The highest BCUT2D eigenvalue weighted by Crippen LogP contribution is 2.34. The van der Waals surface area contributed by atoms with E-state index in [4.69, 9.17) is 16.6 Å². The van der Waals surface area contributed by atoms with Crippen molar-refractivity contribution in [2.24, 2.45) is 0 Å². The molecule has 0 saturated heterocycles. The number of thiazole rings is 1. The average molecular weight is 448 g/mol. The zero-order valence-corrected chi connectivity index (χ0v) is 18.9. The van der Waals surface area contributed by atoms with Crippen molar-refractivity contribution in [3.63, 3.8) is 0 Å². The number of rotatable bonds is 5. The SMILES string of the molecule is Cc1sc(Nc2ncnc3c2CN(S(=O)C(C)C)CC3)nc1-c1cccc(Cl)c1. The number of benzene rings is 1. The maximum atomic E-state index is 12.6. The van der Waals surface area contributed by atoms with Gasteiger partial charge in [0.15, 0.2) is 5.13 Å². The van der Waals surface area contributed by atoms with Crippen LogP contribution in [0.15, 0.2) is 30.6 Å². The van der Waals surface area contributed by atoms with Gasteiger partial charge in [-0.1, -0.05) is 23.7 Å². The van der Waals surface area contributed by atoms with Crippen LogP contribution in [0.2, 0.25) is 5.02 Å². The molecule has 0 aliphatic carbocycles. The number of halogens is 1. The smallest absolute Gasteiger partial charge is 0.189 e. The lowest BCUT2D eigenvalue weighted by Gasteiger charge is -2.29. The summed E-state index contributed by atoms with van der Waals surface area (Å²) >= 11 is 7.71. The second-order valence-corrected chi connectivity index (χ2v) is 10.8. The lowest BCUT2D eigenvalue weighted by Crippen LogP contribution is -2.36. The van der Waals surface area contributed by atoms with E-state index >= 15 is 0 Å². The highest BCUT2D eigenvalue weighted by atomic mass is 35.5. The average Bonchev–Trinajstić information content (AvgIpc) is 3.07. The van der Waals surface area contributed by atoms with E-state index in [9.17, 15) is 4.21 Å². The molecule has 1 N–H and O–H groups in total. The molecule has 2 aromatic heterocycles. The molecule has 0 bridgehead atoms. The summed E-state index contributed by atoms with van der Waals surface area (Å²) in [5, 5.41) is 4.90. The molecule has 3 aromatic rings. The first-order valence-electron chi connectivity index (χ1n) is 9.41. The Hall–Kier alpha value is -1.87. The molecule has 9 heteroatoms. The van der Waals surface area contributed by atoms with Crippen molar-refractivity contribution in [2.75, 3.05) is 11.9 Å². The van der Waals surface area contributed by atoms with Crippen LogP contribution in [0, 0.1) is 6.92 Å². The zero-order chi connectivity index (χ0) is 20.5. The predicted molar refractivity (Wildman–Crippen MR) is 120 cm³/mol. The molecule has 0 amide bonds. The Morgan fingerprint density at radius 1 is 1.31 bits per heavy atom. The fraction of sp³-hybridized carbons (Fsp3) is 0.350. The maximum Gasteiger partial charge on any atom is 0.189 e. The second-order valence-electron chi connectivity index (χ2n) is 7.15. The molecule has 1 atom stereocenters. The number of nitrogens with one attached hydrogen (secondary N) is 1. The van der Waals surface area contributed by atoms with Gasteiger partial charge in [-0.15, -0.1) is 11.3 Å². The minimum Gasteiger partial charge on any atom is -0.316 e. The van der Waals surface area contributed by atoms with Crippen LogP contribution in [0.5, 0.6) is 0 Å². The number of nitrogens with zero attached hydrogens (tertiary/aromatic N) is 4. The molecular formula is C20H22ClN5OS2. The summed E-state index contributed by atoms with van der Waals surface area (Å²) in [5.41, 5.74) is 3.89. The molecule has 29 heavy (non-hydrogen) atoms. The number of anilines is 2. The third-order valence-corrected chi connectivity index (χ3v) is 7.49. The third-order valence-electron chi connectivity index (χ3n) is 4.74. The fourth-order valence-electron chi connectivity index (χ4n) is 3.33. The molecule has 152 valence electrons. The molecule has 1 aliphatic heterocycles. The van der Waals surface area contributed by atoms with Crippen molar-refractivity contribution >= 4 is 44.9 Å². The van der Waals surface area contributed by atoms with Gasteiger partial charge in [-0.3, -0.25) is 0 Å². The van der Waals surface area contributed by atoms with Crippen LogP contribution in [-0.4, -0.2) is 35.3 Å².